The van der Waals surface area contributed by atoms with Crippen LogP contribution in [-0.4, -0.2) is 17.2 Å². The monoisotopic (exact) mass is 281 g/mol. The third kappa shape index (κ3) is 2.00. The third-order valence-corrected chi connectivity index (χ3v) is 3.65. The molecular formula is C17H15NO3. The summed E-state index contributed by atoms with van der Waals surface area (Å²) in [6.07, 6.45) is 0. The molecule has 0 radical (unpaired) electrons. The summed E-state index contributed by atoms with van der Waals surface area (Å²) in [7, 11) is 0. The molecular weight excluding hydrogens is 266 g/mol. The molecule has 3 rings (SSSR count). The van der Waals surface area contributed by atoms with Gasteiger partial charge in [-0.2, -0.15) is 0 Å². The first-order chi connectivity index (χ1) is 9.92. The Balaban J connectivity index is 2.15. The summed E-state index contributed by atoms with van der Waals surface area (Å²) < 4.78 is 5.32. The SMILES string of the molecule is CC1(C)OC(N)=C(C(=O)c2cccc3ccccc23)C1=O. The second kappa shape index (κ2) is 4.45. The number of benzene rings is 2. The molecule has 0 spiro atoms. The van der Waals surface area contributed by atoms with Gasteiger partial charge < -0.3 is 10.5 Å². The van der Waals surface area contributed by atoms with Crippen LogP contribution in [0.3, 0.4) is 0 Å². The Hall–Kier alpha value is -2.62. The second-order valence-corrected chi connectivity index (χ2v) is 5.54. The van der Waals surface area contributed by atoms with E-state index in [4.69, 9.17) is 10.5 Å². The van der Waals surface area contributed by atoms with Crippen molar-refractivity contribution in [1.82, 2.24) is 0 Å². The summed E-state index contributed by atoms with van der Waals surface area (Å²) in [5, 5.41) is 1.73. The van der Waals surface area contributed by atoms with Crippen LogP contribution in [0.1, 0.15) is 24.2 Å². The van der Waals surface area contributed by atoms with Crippen molar-refractivity contribution in [2.75, 3.05) is 0 Å². The number of carbonyl (C=O) groups excluding carboxylic acids is 2. The van der Waals surface area contributed by atoms with E-state index in [1.807, 2.05) is 30.3 Å². The Morgan fingerprint density at radius 1 is 1.10 bits per heavy atom. The summed E-state index contributed by atoms with van der Waals surface area (Å²) in [5.74, 6) is -0.860. The first-order valence-corrected chi connectivity index (χ1v) is 6.68. The number of ether oxygens (including phenoxy) is 1. The predicted molar refractivity (Wildman–Crippen MR) is 79.7 cm³/mol. The van der Waals surface area contributed by atoms with E-state index in [2.05, 4.69) is 0 Å². The van der Waals surface area contributed by atoms with E-state index in [-0.39, 0.29) is 23.0 Å². The summed E-state index contributed by atoms with van der Waals surface area (Å²) >= 11 is 0. The molecule has 0 bridgehead atoms. The molecule has 0 aromatic heterocycles. The number of nitrogens with two attached hydrogens (primary N) is 1. The molecule has 0 saturated heterocycles. The number of rotatable bonds is 2. The first kappa shape index (κ1) is 13.4. The number of carbonyl (C=O) groups is 2. The Kier molecular flexibility index (Phi) is 2.83. The molecule has 2 aromatic rings. The average molecular weight is 281 g/mol. The second-order valence-electron chi connectivity index (χ2n) is 5.54. The fraction of sp³-hybridized carbons (Fsp3) is 0.176. The van der Waals surface area contributed by atoms with E-state index >= 15 is 0 Å². The topological polar surface area (TPSA) is 69.4 Å². The minimum absolute atomic E-state index is 0.0589. The van der Waals surface area contributed by atoms with Crippen molar-refractivity contribution in [1.29, 1.82) is 0 Å². The lowest BCUT2D eigenvalue weighted by atomic mass is 9.91. The van der Waals surface area contributed by atoms with Gasteiger partial charge in [-0.15, -0.1) is 0 Å². The van der Waals surface area contributed by atoms with Crippen LogP contribution in [0.15, 0.2) is 53.9 Å². The highest BCUT2D eigenvalue weighted by molar-refractivity contribution is 6.31. The van der Waals surface area contributed by atoms with Gasteiger partial charge in [0.2, 0.25) is 11.6 Å². The fourth-order valence-electron chi connectivity index (χ4n) is 2.56. The molecule has 2 N–H and O–H groups in total. The number of fused-ring (bicyclic) bond motifs is 1. The molecule has 0 atom stereocenters. The molecule has 1 aliphatic heterocycles. The standard InChI is InChI=1S/C17H15NO3/c1-17(2)15(20)13(16(18)21-17)14(19)12-9-5-7-10-6-3-4-8-11(10)12/h3-9H,18H2,1-2H3. The lowest BCUT2D eigenvalue weighted by Gasteiger charge is -2.15. The highest BCUT2D eigenvalue weighted by Crippen LogP contribution is 2.31. The molecule has 21 heavy (non-hydrogen) atoms. The van der Waals surface area contributed by atoms with E-state index < -0.39 is 5.60 Å². The van der Waals surface area contributed by atoms with Crippen molar-refractivity contribution in [3.63, 3.8) is 0 Å². The quantitative estimate of drug-likeness (QED) is 0.678. The highest BCUT2D eigenvalue weighted by atomic mass is 16.5. The number of Topliss-reactive ketones (excluding diaryl/α,β-unsaturated/α-hetero) is 2. The van der Waals surface area contributed by atoms with Crippen LogP contribution in [-0.2, 0) is 9.53 Å². The predicted octanol–water partition coefficient (Wildman–Crippen LogP) is 2.57. The lowest BCUT2D eigenvalue weighted by molar-refractivity contribution is -0.127. The zero-order valence-electron chi connectivity index (χ0n) is 11.8. The summed E-state index contributed by atoms with van der Waals surface area (Å²) in [4.78, 5) is 25.0. The maximum Gasteiger partial charge on any atom is 0.215 e. The van der Waals surface area contributed by atoms with Gasteiger partial charge in [0, 0.05) is 5.56 Å². The van der Waals surface area contributed by atoms with Crippen molar-refractivity contribution in [3.05, 3.63) is 59.5 Å². The van der Waals surface area contributed by atoms with Gasteiger partial charge in [0.1, 0.15) is 5.57 Å². The average Bonchev–Trinajstić information content (AvgIpc) is 2.66. The molecule has 4 nitrogen and oxygen atoms in total. The number of hydrogen-bond acceptors (Lipinski definition) is 4. The van der Waals surface area contributed by atoms with Crippen LogP contribution in [0.2, 0.25) is 0 Å². The van der Waals surface area contributed by atoms with Gasteiger partial charge in [-0.25, -0.2) is 0 Å². The van der Waals surface area contributed by atoms with E-state index in [9.17, 15) is 9.59 Å². The fourth-order valence-corrected chi connectivity index (χ4v) is 2.56. The van der Waals surface area contributed by atoms with Crippen LogP contribution in [0.5, 0.6) is 0 Å². The smallest absolute Gasteiger partial charge is 0.215 e. The molecule has 106 valence electrons. The number of hydrogen-bond donors (Lipinski definition) is 1. The third-order valence-electron chi connectivity index (χ3n) is 3.65. The van der Waals surface area contributed by atoms with E-state index in [0.29, 0.717) is 5.56 Å². The normalized spacial score (nSPS) is 17.1. The van der Waals surface area contributed by atoms with Crippen LogP contribution in [0, 0.1) is 0 Å². The van der Waals surface area contributed by atoms with Crippen molar-refractivity contribution in [2.45, 2.75) is 19.4 Å². The summed E-state index contributed by atoms with van der Waals surface area (Å²) in [5.41, 5.74) is 5.06. The van der Waals surface area contributed by atoms with E-state index in [0.717, 1.165) is 10.8 Å². The largest absolute Gasteiger partial charge is 0.464 e. The van der Waals surface area contributed by atoms with Gasteiger partial charge in [-0.1, -0.05) is 42.5 Å². The molecule has 0 amide bonds. The molecule has 2 aromatic carbocycles. The highest BCUT2D eigenvalue weighted by Gasteiger charge is 2.44. The van der Waals surface area contributed by atoms with Crippen molar-refractivity contribution < 1.29 is 14.3 Å². The van der Waals surface area contributed by atoms with Gasteiger partial charge in [-0.3, -0.25) is 9.59 Å². The Bertz CT molecular complexity index is 797. The van der Waals surface area contributed by atoms with Gasteiger partial charge in [0.25, 0.3) is 0 Å². The molecule has 0 fully saturated rings. The van der Waals surface area contributed by atoms with Gasteiger partial charge in [0.05, 0.1) is 0 Å². The maximum absolute atomic E-state index is 12.7. The van der Waals surface area contributed by atoms with E-state index in [1.54, 1.807) is 26.0 Å². The van der Waals surface area contributed by atoms with Crippen molar-refractivity contribution in [3.8, 4) is 0 Å². The number of ketones is 2. The molecule has 1 heterocycles. The Morgan fingerprint density at radius 2 is 1.76 bits per heavy atom. The zero-order valence-corrected chi connectivity index (χ0v) is 11.8. The Morgan fingerprint density at radius 3 is 2.43 bits per heavy atom. The van der Waals surface area contributed by atoms with Crippen molar-refractivity contribution >= 4 is 22.3 Å². The van der Waals surface area contributed by atoms with Crippen LogP contribution < -0.4 is 5.73 Å². The van der Waals surface area contributed by atoms with Crippen LogP contribution >= 0.6 is 0 Å². The Labute approximate surface area is 122 Å². The summed E-state index contributed by atoms with van der Waals surface area (Å²) in [6, 6.07) is 12.9. The van der Waals surface area contributed by atoms with Gasteiger partial charge in [-0.05, 0) is 24.6 Å². The van der Waals surface area contributed by atoms with E-state index in [1.165, 1.54) is 0 Å². The molecule has 1 aliphatic rings. The maximum atomic E-state index is 12.7. The molecule has 0 saturated carbocycles. The summed E-state index contributed by atoms with van der Waals surface area (Å²) in [6.45, 7) is 3.21. The van der Waals surface area contributed by atoms with Gasteiger partial charge in [0.15, 0.2) is 11.5 Å². The van der Waals surface area contributed by atoms with Crippen LogP contribution in [0.4, 0.5) is 0 Å². The van der Waals surface area contributed by atoms with Gasteiger partial charge >= 0.3 is 0 Å². The first-order valence-electron chi connectivity index (χ1n) is 6.68. The molecule has 0 unspecified atom stereocenters. The minimum Gasteiger partial charge on any atom is -0.464 e. The zero-order chi connectivity index (χ0) is 15.2. The lowest BCUT2D eigenvalue weighted by Crippen LogP contribution is -2.31. The van der Waals surface area contributed by atoms with Crippen LogP contribution in [0.25, 0.3) is 10.8 Å². The molecule has 0 aliphatic carbocycles. The minimum atomic E-state index is -1.08. The van der Waals surface area contributed by atoms with Crippen molar-refractivity contribution in [2.24, 2.45) is 5.73 Å². The molecule has 4 heteroatoms.